The lowest BCUT2D eigenvalue weighted by molar-refractivity contribution is -0.0391. The number of piperidine rings is 1. The number of pyridine rings is 2. The van der Waals surface area contributed by atoms with Gasteiger partial charge < -0.3 is 24.2 Å². The number of aromatic nitrogens is 3. The number of hydrogen-bond donors (Lipinski definition) is 0. The number of nitriles is 1. The number of rotatable bonds is 8. The van der Waals surface area contributed by atoms with E-state index in [-0.39, 0.29) is 18.1 Å². The van der Waals surface area contributed by atoms with Crippen molar-refractivity contribution in [1.29, 1.82) is 5.26 Å². The van der Waals surface area contributed by atoms with Gasteiger partial charge in [0.15, 0.2) is 0 Å². The minimum Gasteiger partial charge on any atom is -0.492 e. The van der Waals surface area contributed by atoms with Gasteiger partial charge in [-0.05, 0) is 55.9 Å². The van der Waals surface area contributed by atoms with Crippen LogP contribution in [0.15, 0.2) is 67.1 Å². The number of fused-ring (bicyclic) bond motifs is 5. The second-order valence-electron chi connectivity index (χ2n) is 14.4. The van der Waals surface area contributed by atoms with Gasteiger partial charge >= 0.3 is 6.03 Å². The quantitative estimate of drug-likeness (QED) is 0.250. The molecule has 9 heterocycles. The van der Waals surface area contributed by atoms with Gasteiger partial charge in [-0.1, -0.05) is 30.3 Å². The van der Waals surface area contributed by atoms with Gasteiger partial charge in [0.2, 0.25) is 0 Å². The molecule has 5 atom stereocenters. The molecule has 2 amide bonds. The van der Waals surface area contributed by atoms with Crippen LogP contribution in [0.2, 0.25) is 0 Å². The van der Waals surface area contributed by atoms with Crippen molar-refractivity contribution in [2.45, 2.75) is 62.3 Å². The molecule has 4 bridgehead atoms. The Morgan fingerprint density at radius 2 is 1.80 bits per heavy atom. The molecule has 4 aromatic rings. The second-order valence-corrected chi connectivity index (χ2v) is 14.4. The summed E-state index contributed by atoms with van der Waals surface area (Å²) in [5.41, 5.74) is 4.36. The van der Waals surface area contributed by atoms with Crippen LogP contribution in [0, 0.1) is 11.3 Å². The van der Waals surface area contributed by atoms with E-state index >= 15 is 0 Å². The van der Waals surface area contributed by atoms with Crippen molar-refractivity contribution in [2.75, 3.05) is 57.3 Å². The molecule has 6 aliphatic rings. The molecule has 11 heteroatoms. The van der Waals surface area contributed by atoms with Crippen molar-refractivity contribution in [1.82, 2.24) is 29.3 Å². The lowest BCUT2D eigenvalue weighted by Crippen LogP contribution is -2.72. The number of carbonyl (C=O) groups is 1. The Balaban J connectivity index is 0.848. The Morgan fingerprint density at radius 1 is 0.980 bits per heavy atom. The summed E-state index contributed by atoms with van der Waals surface area (Å²) in [7, 11) is 0. The van der Waals surface area contributed by atoms with Gasteiger partial charge in [0, 0.05) is 69.1 Å². The molecule has 6 saturated heterocycles. The average Bonchev–Trinajstić information content (AvgIpc) is 3.89. The Kier molecular flexibility index (Phi) is 7.85. The molecule has 1 aromatic carbocycles. The van der Waals surface area contributed by atoms with Gasteiger partial charge in [0.05, 0.1) is 54.4 Å². The fourth-order valence-corrected chi connectivity index (χ4v) is 8.77. The van der Waals surface area contributed by atoms with Gasteiger partial charge in [0.25, 0.3) is 0 Å². The Hall–Kier alpha value is -4.66. The molecule has 11 nitrogen and oxygen atoms in total. The predicted molar refractivity (Wildman–Crippen MR) is 185 cm³/mol. The van der Waals surface area contributed by atoms with E-state index in [1.807, 2.05) is 24.5 Å². The van der Waals surface area contributed by atoms with Gasteiger partial charge in [-0.3, -0.25) is 4.90 Å². The third-order valence-electron chi connectivity index (χ3n) is 11.2. The van der Waals surface area contributed by atoms with Crippen LogP contribution >= 0.6 is 0 Å². The van der Waals surface area contributed by atoms with Gasteiger partial charge in [0.1, 0.15) is 17.6 Å². The van der Waals surface area contributed by atoms with Crippen LogP contribution in [0.3, 0.4) is 0 Å². The number of anilines is 1. The minimum atomic E-state index is 0.191. The highest BCUT2D eigenvalue weighted by Gasteiger charge is 2.49. The number of carbonyl (C=O) groups excluding carboxylic acids is 1. The normalized spacial score (nSPS) is 26.2. The van der Waals surface area contributed by atoms with Crippen molar-refractivity contribution < 1.29 is 14.3 Å². The average molecular weight is 659 g/mol. The highest BCUT2D eigenvalue weighted by molar-refractivity contribution is 5.85. The molecule has 4 unspecified atom stereocenters. The number of amides is 2. The van der Waals surface area contributed by atoms with Crippen molar-refractivity contribution in [3.63, 3.8) is 0 Å². The highest BCUT2D eigenvalue weighted by Crippen LogP contribution is 2.38. The zero-order valence-electron chi connectivity index (χ0n) is 27.7. The summed E-state index contributed by atoms with van der Waals surface area (Å²) in [5.74, 6) is 2.04. The number of morpholine rings is 1. The fourth-order valence-electron chi connectivity index (χ4n) is 8.77. The van der Waals surface area contributed by atoms with Crippen LogP contribution in [-0.2, 0) is 4.74 Å². The largest absolute Gasteiger partial charge is 0.492 e. The van der Waals surface area contributed by atoms with Gasteiger partial charge in [-0.15, -0.1) is 0 Å². The van der Waals surface area contributed by atoms with E-state index < -0.39 is 0 Å². The molecule has 49 heavy (non-hydrogen) atoms. The molecule has 6 aliphatic heterocycles. The SMILES string of the molecule is N#Cc1cnn2cc(OCCCN3CC4CCC(C3)O4)cc(-c3ccc(N4CC5CC(C4)N5C(=O)N4CC[C@@H](c5ccccc5)C4)nc3)c12. The predicted octanol–water partition coefficient (Wildman–Crippen LogP) is 4.77. The summed E-state index contributed by atoms with van der Waals surface area (Å²) in [6.07, 6.45) is 11.5. The van der Waals surface area contributed by atoms with Crippen LogP contribution in [0.5, 0.6) is 5.75 Å². The van der Waals surface area contributed by atoms with E-state index in [1.54, 1.807) is 10.7 Å². The van der Waals surface area contributed by atoms with E-state index in [9.17, 15) is 10.1 Å². The zero-order chi connectivity index (χ0) is 32.9. The molecular formula is C38H42N8O3. The van der Waals surface area contributed by atoms with Crippen molar-refractivity contribution in [3.8, 4) is 22.9 Å². The maximum absolute atomic E-state index is 13.6. The molecule has 10 rings (SSSR count). The second kappa shape index (κ2) is 12.7. The summed E-state index contributed by atoms with van der Waals surface area (Å²) >= 11 is 0. The Labute approximate surface area is 286 Å². The number of urea groups is 1. The first-order chi connectivity index (χ1) is 24.1. The molecule has 0 aliphatic carbocycles. The number of benzene rings is 1. The number of nitrogens with zero attached hydrogens (tertiary/aromatic N) is 8. The van der Waals surface area contributed by atoms with Crippen LogP contribution in [0.4, 0.5) is 10.6 Å². The number of piperazine rings is 1. The first-order valence-electron chi connectivity index (χ1n) is 17.9. The molecule has 252 valence electrons. The van der Waals surface area contributed by atoms with Crippen LogP contribution in [0.1, 0.15) is 49.1 Å². The number of hydrogen-bond acceptors (Lipinski definition) is 8. The molecule has 0 saturated carbocycles. The van der Waals surface area contributed by atoms with E-state index in [4.69, 9.17) is 14.5 Å². The summed E-state index contributed by atoms with van der Waals surface area (Å²) in [6.45, 7) is 6.81. The first kappa shape index (κ1) is 30.4. The summed E-state index contributed by atoms with van der Waals surface area (Å²) in [5, 5.41) is 14.3. The molecule has 6 fully saturated rings. The molecule has 3 aromatic heterocycles. The van der Waals surface area contributed by atoms with Crippen molar-refractivity contribution in [2.24, 2.45) is 0 Å². The molecule has 0 radical (unpaired) electrons. The van der Waals surface area contributed by atoms with Crippen LogP contribution in [-0.4, -0.2) is 112 Å². The lowest BCUT2D eigenvalue weighted by atomic mass is 9.87. The van der Waals surface area contributed by atoms with Gasteiger partial charge in [-0.25, -0.2) is 14.3 Å². The van der Waals surface area contributed by atoms with Crippen molar-refractivity contribution in [3.05, 3.63) is 78.2 Å². The van der Waals surface area contributed by atoms with E-state index in [2.05, 4.69) is 67.2 Å². The fraction of sp³-hybridized carbons (Fsp3) is 0.474. The van der Waals surface area contributed by atoms with Crippen LogP contribution in [0.25, 0.3) is 16.6 Å². The van der Waals surface area contributed by atoms with E-state index in [0.717, 1.165) is 93.3 Å². The third-order valence-corrected chi connectivity index (χ3v) is 11.2. The third kappa shape index (κ3) is 5.77. The Bertz CT molecular complexity index is 1850. The van der Waals surface area contributed by atoms with Crippen molar-refractivity contribution >= 4 is 17.4 Å². The standard InChI is InChI=1S/C38H42N8O3/c39-17-29-19-41-45-25-34(48-14-4-12-42-23-32-8-9-33(24-42)49-32)16-35(37(29)45)27-7-10-36(40-18-27)44-21-30-15-31(22-44)46(30)38(47)43-13-11-28(20-43)26-5-2-1-3-6-26/h1-3,5-7,10,16,18-19,25,28,30-33H,4,8-9,11-15,20-24H2/t28-,30?,31?,32?,33?/m1/s1. The van der Waals surface area contributed by atoms with E-state index in [0.29, 0.717) is 30.3 Å². The summed E-state index contributed by atoms with van der Waals surface area (Å²) in [4.78, 5) is 27.4. The smallest absolute Gasteiger partial charge is 0.320 e. The van der Waals surface area contributed by atoms with E-state index in [1.165, 1.54) is 18.4 Å². The number of likely N-dealkylation sites (tertiary alicyclic amines) is 2. The maximum Gasteiger partial charge on any atom is 0.320 e. The van der Waals surface area contributed by atoms with Gasteiger partial charge in [-0.2, -0.15) is 10.4 Å². The van der Waals surface area contributed by atoms with Crippen LogP contribution < -0.4 is 9.64 Å². The molecule has 0 spiro atoms. The maximum atomic E-state index is 13.6. The molecular weight excluding hydrogens is 616 g/mol. The first-order valence-corrected chi connectivity index (χ1v) is 17.9. The minimum absolute atomic E-state index is 0.191. The number of ether oxygens (including phenoxy) is 2. The monoisotopic (exact) mass is 658 g/mol. The zero-order valence-corrected chi connectivity index (χ0v) is 27.7. The summed E-state index contributed by atoms with van der Waals surface area (Å²) < 4.78 is 14.0. The topological polar surface area (TPSA) is 102 Å². The Morgan fingerprint density at radius 3 is 2.55 bits per heavy atom. The molecule has 0 N–H and O–H groups in total. The lowest BCUT2D eigenvalue weighted by Gasteiger charge is -2.57. The highest BCUT2D eigenvalue weighted by atomic mass is 16.5. The summed E-state index contributed by atoms with van der Waals surface area (Å²) in [6, 6.07) is 19.6.